The zero-order chi connectivity index (χ0) is 43.8. The lowest BCUT2D eigenvalue weighted by atomic mass is 10.1. The number of amides is 2. The molecule has 0 bridgehead atoms. The molecule has 0 rings (SSSR count). The molecule has 0 fully saturated rings. The first-order valence-electron chi connectivity index (χ1n) is 22.3. The predicted molar refractivity (Wildman–Crippen MR) is 253 cm³/mol. The van der Waals surface area contributed by atoms with E-state index in [1.807, 2.05) is 18.2 Å². The van der Waals surface area contributed by atoms with Crippen molar-refractivity contribution < 1.29 is 29.3 Å². The van der Waals surface area contributed by atoms with Crippen LogP contribution in [-0.4, -0.2) is 59.9 Å². The second-order valence-corrected chi connectivity index (χ2v) is 13.9. The van der Waals surface area contributed by atoms with Gasteiger partial charge in [-0.3, -0.25) is 9.59 Å². The van der Waals surface area contributed by atoms with Crippen molar-refractivity contribution in [3.63, 3.8) is 0 Å². The summed E-state index contributed by atoms with van der Waals surface area (Å²) in [5.41, 5.74) is 0. The van der Waals surface area contributed by atoms with Crippen LogP contribution in [0.15, 0.2) is 146 Å². The Hall–Kier alpha value is -4.79. The third kappa shape index (κ3) is 40.0. The van der Waals surface area contributed by atoms with Gasteiger partial charge in [0, 0.05) is 19.4 Å². The summed E-state index contributed by atoms with van der Waals surface area (Å²) in [7, 11) is 0. The van der Waals surface area contributed by atoms with Crippen molar-refractivity contribution in [2.45, 2.75) is 142 Å². The molecule has 332 valence electrons. The van der Waals surface area contributed by atoms with E-state index >= 15 is 0 Å². The van der Waals surface area contributed by atoms with Crippen molar-refractivity contribution in [2.24, 2.45) is 0 Å². The molecule has 60 heavy (non-hydrogen) atoms. The molecule has 0 aliphatic heterocycles. The average molecular weight is 827 g/mol. The molecule has 0 aliphatic carbocycles. The summed E-state index contributed by atoms with van der Waals surface area (Å²) in [5, 5.41) is 24.3. The molecule has 0 aromatic heterocycles. The van der Waals surface area contributed by atoms with Crippen LogP contribution in [0.3, 0.4) is 0 Å². The number of ether oxygens (including phenoxy) is 1. The number of rotatable bonds is 37. The number of aliphatic hydroxyl groups excluding tert-OH is 2. The summed E-state index contributed by atoms with van der Waals surface area (Å²) in [6.07, 6.45) is 63.9. The maximum Gasteiger partial charge on any atom is 0.329 e. The van der Waals surface area contributed by atoms with Crippen LogP contribution in [0.25, 0.3) is 0 Å². The average Bonchev–Trinajstić information content (AvgIpc) is 3.25. The van der Waals surface area contributed by atoms with Gasteiger partial charge in [-0.25, -0.2) is 4.79 Å². The first kappa shape index (κ1) is 55.2. The lowest BCUT2D eigenvalue weighted by Crippen LogP contribution is -2.44. The molecule has 1 unspecified atom stereocenters. The predicted octanol–water partition coefficient (Wildman–Crippen LogP) is 11.2. The fourth-order valence-corrected chi connectivity index (χ4v) is 5.22. The van der Waals surface area contributed by atoms with Gasteiger partial charge in [-0.2, -0.15) is 0 Å². The molecular weight excluding hydrogens is 749 g/mol. The van der Waals surface area contributed by atoms with Gasteiger partial charge >= 0.3 is 5.97 Å². The summed E-state index contributed by atoms with van der Waals surface area (Å²) in [5.74, 6) is -1.12. The van der Waals surface area contributed by atoms with E-state index in [1.54, 1.807) is 0 Å². The molecular formula is C52H78N2O6. The van der Waals surface area contributed by atoms with Crippen LogP contribution in [0.4, 0.5) is 0 Å². The lowest BCUT2D eigenvalue weighted by Gasteiger charge is -2.20. The summed E-state index contributed by atoms with van der Waals surface area (Å²) in [6, 6.07) is -0.959. The van der Waals surface area contributed by atoms with E-state index in [2.05, 4.69) is 152 Å². The molecule has 8 nitrogen and oxygen atoms in total. The lowest BCUT2D eigenvalue weighted by molar-refractivity contribution is -0.157. The van der Waals surface area contributed by atoms with E-state index < -0.39 is 31.3 Å². The minimum Gasteiger partial charge on any atom is -0.456 e. The van der Waals surface area contributed by atoms with E-state index in [0.717, 1.165) is 77.0 Å². The number of carbonyl (C=O) groups is 3. The van der Waals surface area contributed by atoms with Gasteiger partial charge in [-0.1, -0.05) is 160 Å². The van der Waals surface area contributed by atoms with E-state index in [4.69, 9.17) is 4.74 Å². The monoisotopic (exact) mass is 827 g/mol. The van der Waals surface area contributed by atoms with Crippen molar-refractivity contribution in [1.29, 1.82) is 0 Å². The number of nitrogens with one attached hydrogen (secondary N) is 2. The van der Waals surface area contributed by atoms with Gasteiger partial charge in [0.15, 0.2) is 0 Å². The zero-order valence-electron chi connectivity index (χ0n) is 36.9. The number of hydrogen-bond donors (Lipinski definition) is 4. The SMILES string of the molecule is CCC=CCC=CCC=CCC=CCC=CCC=CCCC(=O)NCCCC(NC(=O)CCC=CCC=CCC=CCC=CCC=CCC=CCC)C(=O)OC(CO)CO. The fourth-order valence-electron chi connectivity index (χ4n) is 5.22. The van der Waals surface area contributed by atoms with E-state index in [1.165, 1.54) is 0 Å². The number of aliphatic hydroxyl groups is 2. The molecule has 0 aromatic carbocycles. The van der Waals surface area contributed by atoms with Gasteiger partial charge in [0.2, 0.25) is 11.8 Å². The third-order valence-corrected chi connectivity index (χ3v) is 8.57. The van der Waals surface area contributed by atoms with Gasteiger partial charge in [0.1, 0.15) is 12.1 Å². The largest absolute Gasteiger partial charge is 0.456 e. The molecule has 8 heteroatoms. The Balaban J connectivity index is 4.34. The molecule has 0 radical (unpaired) electrons. The highest BCUT2D eigenvalue weighted by atomic mass is 16.6. The summed E-state index contributed by atoms with van der Waals surface area (Å²) in [6.45, 7) is 3.56. The van der Waals surface area contributed by atoms with Crippen molar-refractivity contribution in [3.05, 3.63) is 146 Å². The molecule has 4 N–H and O–H groups in total. The summed E-state index contributed by atoms with van der Waals surface area (Å²) in [4.78, 5) is 37.8. The van der Waals surface area contributed by atoms with Crippen molar-refractivity contribution in [2.75, 3.05) is 19.8 Å². The molecule has 0 spiro atoms. The zero-order valence-corrected chi connectivity index (χ0v) is 36.9. The first-order valence-corrected chi connectivity index (χ1v) is 22.3. The third-order valence-electron chi connectivity index (χ3n) is 8.57. The highest BCUT2D eigenvalue weighted by molar-refractivity contribution is 5.84. The number of allylic oxidation sites excluding steroid dienone is 24. The molecule has 1 atom stereocenters. The Labute approximate surface area is 363 Å². The van der Waals surface area contributed by atoms with Crippen LogP contribution in [-0.2, 0) is 19.1 Å². The maximum absolute atomic E-state index is 12.8. The van der Waals surface area contributed by atoms with Crippen LogP contribution >= 0.6 is 0 Å². The molecule has 0 saturated carbocycles. The minimum atomic E-state index is -1.07. The topological polar surface area (TPSA) is 125 Å². The smallest absolute Gasteiger partial charge is 0.329 e. The van der Waals surface area contributed by atoms with Crippen LogP contribution in [0, 0.1) is 0 Å². The second-order valence-electron chi connectivity index (χ2n) is 13.9. The van der Waals surface area contributed by atoms with E-state index in [9.17, 15) is 24.6 Å². The Bertz CT molecular complexity index is 1440. The highest BCUT2D eigenvalue weighted by Gasteiger charge is 2.24. The normalized spacial score (nSPS) is 13.6. The summed E-state index contributed by atoms with van der Waals surface area (Å²) >= 11 is 0. The van der Waals surface area contributed by atoms with Crippen LogP contribution in [0.2, 0.25) is 0 Å². The second kappa shape index (κ2) is 45.3. The summed E-state index contributed by atoms with van der Waals surface area (Å²) < 4.78 is 5.19. The number of hydrogen-bond acceptors (Lipinski definition) is 6. The van der Waals surface area contributed by atoms with Gasteiger partial charge in [-0.05, 0) is 103 Å². The minimum absolute atomic E-state index is 0.0883. The maximum atomic E-state index is 12.8. The Morgan fingerprint density at radius 1 is 0.467 bits per heavy atom. The molecule has 0 aliphatic rings. The van der Waals surface area contributed by atoms with Crippen molar-refractivity contribution in [1.82, 2.24) is 10.6 Å². The van der Waals surface area contributed by atoms with Gasteiger partial charge in [0.25, 0.3) is 0 Å². The van der Waals surface area contributed by atoms with Gasteiger partial charge < -0.3 is 25.6 Å². The molecule has 0 saturated heterocycles. The van der Waals surface area contributed by atoms with Crippen LogP contribution in [0.5, 0.6) is 0 Å². The quantitative estimate of drug-likeness (QED) is 0.0281. The van der Waals surface area contributed by atoms with Gasteiger partial charge in [-0.15, -0.1) is 0 Å². The Morgan fingerprint density at radius 2 is 0.783 bits per heavy atom. The number of esters is 1. The Morgan fingerprint density at radius 3 is 1.12 bits per heavy atom. The van der Waals surface area contributed by atoms with E-state index in [-0.39, 0.29) is 24.7 Å². The molecule has 2 amide bonds. The van der Waals surface area contributed by atoms with Crippen molar-refractivity contribution in [3.8, 4) is 0 Å². The molecule has 0 heterocycles. The number of carbonyl (C=O) groups excluding carboxylic acids is 3. The van der Waals surface area contributed by atoms with Crippen LogP contribution in [0.1, 0.15) is 129 Å². The Kier molecular flexibility index (Phi) is 41.7. The first-order chi connectivity index (χ1) is 29.5. The van der Waals surface area contributed by atoms with Crippen molar-refractivity contribution >= 4 is 17.8 Å². The molecule has 0 aromatic rings. The van der Waals surface area contributed by atoms with Gasteiger partial charge in [0.05, 0.1) is 13.2 Å². The fraction of sp³-hybridized carbons (Fsp3) is 0.481. The van der Waals surface area contributed by atoms with Crippen LogP contribution < -0.4 is 10.6 Å². The van der Waals surface area contributed by atoms with E-state index in [0.29, 0.717) is 32.2 Å². The standard InChI is InChI=1S/C52H78N2O6/c1-3-5-7-9-11-13-15-17-19-21-23-25-27-29-31-33-35-37-39-43-50(57)53-45-41-42-49(52(59)60-48(46-55)47-56)54-51(58)44-40-38-36-34-32-30-28-26-24-22-20-18-16-14-12-10-8-6-4-2/h5-8,11-14,17-20,23-26,29-32,35-38,48-49,55-56H,3-4,9-10,15-16,21-22,27-28,33-34,39-47H2,1-2H3,(H,53,57)(H,54,58). The highest BCUT2D eigenvalue weighted by Crippen LogP contribution is 2.06.